The molecule has 102 valence electrons. The van der Waals surface area contributed by atoms with Gasteiger partial charge < -0.3 is 0 Å². The van der Waals surface area contributed by atoms with Crippen molar-refractivity contribution in [3.63, 3.8) is 0 Å². The summed E-state index contributed by atoms with van der Waals surface area (Å²) in [5.41, 5.74) is 0. The molecule has 1 atom stereocenters. The van der Waals surface area contributed by atoms with Gasteiger partial charge >= 0.3 is 130 Å². The summed E-state index contributed by atoms with van der Waals surface area (Å²) < 4.78 is 18.5. The van der Waals surface area contributed by atoms with Crippen LogP contribution in [0.2, 0.25) is 5.02 Å². The molecular weight excluding hydrogens is 393 g/mol. The molecule has 0 aromatic heterocycles. The molecule has 1 unspecified atom stereocenters. The Kier molecular flexibility index (Phi) is 4.86. The molecule has 0 aliphatic rings. The monoisotopic (exact) mass is 406 g/mol. The van der Waals surface area contributed by atoms with Crippen LogP contribution >= 0.6 is 11.6 Å². The predicted octanol–water partition coefficient (Wildman–Crippen LogP) is 0.555. The van der Waals surface area contributed by atoms with Crippen LogP contribution in [0, 0.1) is 7.14 Å². The molecule has 2 aromatic rings. The standard InChI is InChI=1S/C14H14ClINOS/c1-17-19(2,18)12-9-7-11(8-10-12)16-14-6-4-3-5-13(14)15/h3-10H,1-2H3/q-1. The molecule has 0 aliphatic heterocycles. The van der Waals surface area contributed by atoms with Gasteiger partial charge in [-0.1, -0.05) is 0 Å². The summed E-state index contributed by atoms with van der Waals surface area (Å²) in [4.78, 5) is 0.780. The van der Waals surface area contributed by atoms with Crippen molar-refractivity contribution in [1.29, 1.82) is 0 Å². The summed E-state index contributed by atoms with van der Waals surface area (Å²) >= 11 is 5.86. The fraction of sp³-hybridized carbons (Fsp3) is 0.143. The molecule has 0 saturated carbocycles. The van der Waals surface area contributed by atoms with Gasteiger partial charge in [0, 0.05) is 0 Å². The van der Waals surface area contributed by atoms with Crippen molar-refractivity contribution in [2.75, 3.05) is 13.3 Å². The fourth-order valence-corrected chi connectivity index (χ4v) is 4.93. The minimum atomic E-state index is -2.23. The quantitative estimate of drug-likeness (QED) is 0.685. The topological polar surface area (TPSA) is 29.4 Å². The molecule has 2 rings (SSSR count). The van der Waals surface area contributed by atoms with E-state index >= 15 is 0 Å². The number of benzene rings is 2. The van der Waals surface area contributed by atoms with E-state index in [1.807, 2.05) is 42.5 Å². The maximum atomic E-state index is 12.1. The van der Waals surface area contributed by atoms with E-state index in [0.717, 1.165) is 9.92 Å². The summed E-state index contributed by atoms with van der Waals surface area (Å²) in [6.45, 7) is 0. The molecule has 0 N–H and O–H groups in total. The van der Waals surface area contributed by atoms with E-state index in [4.69, 9.17) is 11.6 Å². The second-order valence-electron chi connectivity index (χ2n) is 3.95. The van der Waals surface area contributed by atoms with Crippen LogP contribution in [0.15, 0.2) is 57.8 Å². The van der Waals surface area contributed by atoms with Gasteiger partial charge in [0.2, 0.25) is 0 Å². The summed E-state index contributed by atoms with van der Waals surface area (Å²) in [7, 11) is -0.645. The minimum absolute atomic E-state index is 0.302. The Morgan fingerprint density at radius 3 is 2.32 bits per heavy atom. The van der Waals surface area contributed by atoms with E-state index in [-0.39, 0.29) is 21.2 Å². The summed E-state index contributed by atoms with van der Waals surface area (Å²) in [5.74, 6) is 0. The van der Waals surface area contributed by atoms with Gasteiger partial charge in [0.1, 0.15) is 0 Å². The average Bonchev–Trinajstić information content (AvgIpc) is 2.42. The Balaban J connectivity index is 2.26. The van der Waals surface area contributed by atoms with Crippen molar-refractivity contribution < 1.29 is 25.4 Å². The molecule has 5 heteroatoms. The maximum absolute atomic E-state index is 12.1. The first-order valence-electron chi connectivity index (χ1n) is 5.62. The number of hydrogen-bond acceptors (Lipinski definition) is 2. The molecule has 0 saturated heterocycles. The van der Waals surface area contributed by atoms with Gasteiger partial charge in [-0.3, -0.25) is 0 Å². The third kappa shape index (κ3) is 3.70. The Hall–Kier alpha value is -0.590. The van der Waals surface area contributed by atoms with E-state index < -0.39 is 9.73 Å². The Bertz CT molecular complexity index is 691. The molecule has 0 spiro atoms. The van der Waals surface area contributed by atoms with Crippen molar-refractivity contribution >= 4 is 21.3 Å². The molecule has 2 nitrogen and oxygen atoms in total. The van der Waals surface area contributed by atoms with Gasteiger partial charge in [-0.15, -0.1) is 0 Å². The molecule has 0 aliphatic carbocycles. The van der Waals surface area contributed by atoms with Crippen LogP contribution in [0.1, 0.15) is 0 Å². The van der Waals surface area contributed by atoms with Crippen LogP contribution in [-0.2, 0) is 9.73 Å². The van der Waals surface area contributed by atoms with Gasteiger partial charge in [-0.25, -0.2) is 0 Å². The summed E-state index contributed by atoms with van der Waals surface area (Å²) in [6.07, 6.45) is 1.66. The molecule has 0 amide bonds. The first-order valence-corrected chi connectivity index (χ1v) is 10.1. The third-order valence-corrected chi connectivity index (χ3v) is 7.99. The van der Waals surface area contributed by atoms with Crippen molar-refractivity contribution in [2.24, 2.45) is 4.36 Å². The van der Waals surface area contributed by atoms with Gasteiger partial charge in [-0.2, -0.15) is 0 Å². The fourth-order valence-electron chi connectivity index (χ4n) is 1.49. The predicted molar refractivity (Wildman–Crippen MR) is 76.0 cm³/mol. The van der Waals surface area contributed by atoms with Crippen LogP contribution in [0.5, 0.6) is 0 Å². The van der Waals surface area contributed by atoms with Crippen LogP contribution in [-0.4, -0.2) is 17.5 Å². The van der Waals surface area contributed by atoms with Gasteiger partial charge in [0.15, 0.2) is 0 Å². The van der Waals surface area contributed by atoms with Crippen LogP contribution < -0.4 is 21.2 Å². The van der Waals surface area contributed by atoms with E-state index in [1.54, 1.807) is 13.3 Å². The summed E-state index contributed by atoms with van der Waals surface area (Å²) in [5, 5.41) is 0.822. The van der Waals surface area contributed by atoms with Crippen molar-refractivity contribution in [3.8, 4) is 0 Å². The SMILES string of the molecule is CN=S(C)(=O)c1ccc([I-]c2ccccc2Cl)cc1. The Morgan fingerprint density at radius 2 is 1.74 bits per heavy atom. The van der Waals surface area contributed by atoms with E-state index in [2.05, 4.69) is 10.4 Å². The number of hydrogen-bond donors (Lipinski definition) is 0. The zero-order valence-electron chi connectivity index (χ0n) is 10.6. The third-order valence-electron chi connectivity index (χ3n) is 2.63. The van der Waals surface area contributed by atoms with Crippen molar-refractivity contribution in [1.82, 2.24) is 0 Å². The zero-order chi connectivity index (χ0) is 13.9. The van der Waals surface area contributed by atoms with Gasteiger partial charge in [-0.05, 0) is 0 Å². The van der Waals surface area contributed by atoms with Crippen LogP contribution in [0.4, 0.5) is 0 Å². The van der Waals surface area contributed by atoms with E-state index in [9.17, 15) is 4.21 Å². The first kappa shape index (κ1) is 14.8. The second-order valence-corrected chi connectivity index (χ2v) is 9.74. The first-order chi connectivity index (χ1) is 9.03. The molecule has 0 bridgehead atoms. The molecule has 0 fully saturated rings. The van der Waals surface area contributed by atoms with Crippen LogP contribution in [0.3, 0.4) is 0 Å². The molecule has 2 aromatic carbocycles. The average molecular weight is 407 g/mol. The second kappa shape index (κ2) is 6.24. The number of rotatable bonds is 3. The molecule has 19 heavy (non-hydrogen) atoms. The van der Waals surface area contributed by atoms with Gasteiger partial charge in [0.25, 0.3) is 0 Å². The van der Waals surface area contributed by atoms with E-state index in [1.165, 1.54) is 7.14 Å². The molecular formula is C14H14ClINOS-. The zero-order valence-corrected chi connectivity index (χ0v) is 14.4. The van der Waals surface area contributed by atoms with Crippen molar-refractivity contribution in [2.45, 2.75) is 4.90 Å². The van der Waals surface area contributed by atoms with Crippen molar-refractivity contribution in [3.05, 3.63) is 60.7 Å². The molecule has 0 heterocycles. The number of nitrogens with zero attached hydrogens (tertiary/aromatic N) is 1. The van der Waals surface area contributed by atoms with Crippen LogP contribution in [0.25, 0.3) is 0 Å². The number of halogens is 2. The van der Waals surface area contributed by atoms with E-state index in [0.29, 0.717) is 0 Å². The van der Waals surface area contributed by atoms with Gasteiger partial charge in [0.05, 0.1) is 0 Å². The Labute approximate surface area is 129 Å². The summed E-state index contributed by atoms with van der Waals surface area (Å²) in [6, 6.07) is 15.8. The normalized spacial score (nSPS) is 14.1. The molecule has 0 radical (unpaired) electrons. The Morgan fingerprint density at radius 1 is 1.11 bits per heavy atom.